The van der Waals surface area contributed by atoms with E-state index in [1.807, 2.05) is 4.90 Å². The molecule has 1 aliphatic rings. The molecule has 0 radical (unpaired) electrons. The van der Waals surface area contributed by atoms with Gasteiger partial charge >= 0.3 is 0 Å². The van der Waals surface area contributed by atoms with Gasteiger partial charge in [0.05, 0.1) is 11.5 Å². The van der Waals surface area contributed by atoms with Crippen LogP contribution in [0.4, 0.5) is 11.4 Å². The molecule has 1 saturated heterocycles. The minimum absolute atomic E-state index is 0.00201. The Morgan fingerprint density at radius 2 is 2.10 bits per heavy atom. The van der Waals surface area contributed by atoms with E-state index < -0.39 is 4.92 Å². The highest BCUT2D eigenvalue weighted by molar-refractivity contribution is 5.73. The molecule has 0 aromatic heterocycles. The maximum atomic E-state index is 11.4. The summed E-state index contributed by atoms with van der Waals surface area (Å²) in [6.07, 6.45) is 0.776. The van der Waals surface area contributed by atoms with Crippen molar-refractivity contribution in [3.05, 3.63) is 33.9 Å². The molecule has 1 aromatic rings. The van der Waals surface area contributed by atoms with E-state index in [0.717, 1.165) is 6.42 Å². The number of aliphatic hydroxyl groups excluding tert-OH is 1. The molecule has 1 aromatic carbocycles. The van der Waals surface area contributed by atoms with Gasteiger partial charge in [-0.2, -0.15) is 0 Å². The van der Waals surface area contributed by atoms with E-state index in [1.165, 1.54) is 13.0 Å². The van der Waals surface area contributed by atoms with Crippen LogP contribution in [0.2, 0.25) is 0 Å². The minimum Gasteiger partial charge on any atom is -0.392 e. The summed E-state index contributed by atoms with van der Waals surface area (Å²) in [5.41, 5.74) is 1.06. The maximum absolute atomic E-state index is 11.4. The fraction of sp³-hybridized carbons (Fsp3) is 0.500. The molecule has 1 N–H and O–H groups in total. The average Bonchev–Trinajstić information content (AvgIpc) is 2.72. The van der Waals surface area contributed by atoms with Crippen LogP contribution in [0.3, 0.4) is 0 Å². The zero-order valence-electron chi connectivity index (χ0n) is 12.0. The molecular weight excluding hydrogens is 274 g/mol. The molecule has 0 unspecified atom stereocenters. The molecule has 0 atom stereocenters. The van der Waals surface area contributed by atoms with Crippen LogP contribution in [-0.4, -0.2) is 47.0 Å². The summed E-state index contributed by atoms with van der Waals surface area (Å²) >= 11 is 0. The highest BCUT2D eigenvalue weighted by Gasteiger charge is 2.23. The SMILES string of the molecule is CC(=O)N1CCCN(c2ccc(CO)cc2[N+](=O)[O-])CC1. The summed E-state index contributed by atoms with van der Waals surface area (Å²) in [6, 6.07) is 4.77. The van der Waals surface area contributed by atoms with Crippen LogP contribution in [0, 0.1) is 10.1 Å². The van der Waals surface area contributed by atoms with E-state index >= 15 is 0 Å². The number of aliphatic hydroxyl groups is 1. The third kappa shape index (κ3) is 3.49. The van der Waals surface area contributed by atoms with Crippen molar-refractivity contribution in [3.8, 4) is 0 Å². The summed E-state index contributed by atoms with van der Waals surface area (Å²) in [4.78, 5) is 25.9. The molecule has 7 heteroatoms. The molecule has 7 nitrogen and oxygen atoms in total. The van der Waals surface area contributed by atoms with Crippen molar-refractivity contribution in [2.75, 3.05) is 31.1 Å². The highest BCUT2D eigenvalue weighted by Crippen LogP contribution is 2.30. The van der Waals surface area contributed by atoms with Crippen molar-refractivity contribution in [3.63, 3.8) is 0 Å². The second kappa shape index (κ2) is 6.53. The van der Waals surface area contributed by atoms with E-state index in [0.29, 0.717) is 37.4 Å². The van der Waals surface area contributed by atoms with E-state index in [4.69, 9.17) is 5.11 Å². The van der Waals surface area contributed by atoms with Gasteiger partial charge in [-0.25, -0.2) is 0 Å². The zero-order chi connectivity index (χ0) is 15.4. The molecule has 21 heavy (non-hydrogen) atoms. The average molecular weight is 293 g/mol. The van der Waals surface area contributed by atoms with E-state index in [-0.39, 0.29) is 18.2 Å². The first-order chi connectivity index (χ1) is 10.0. The first-order valence-corrected chi connectivity index (χ1v) is 6.91. The molecule has 1 aliphatic heterocycles. The van der Waals surface area contributed by atoms with Crippen molar-refractivity contribution >= 4 is 17.3 Å². The molecule has 0 saturated carbocycles. The lowest BCUT2D eigenvalue weighted by molar-refractivity contribution is -0.384. The van der Waals surface area contributed by atoms with Crippen LogP contribution in [0.1, 0.15) is 18.9 Å². The van der Waals surface area contributed by atoms with Gasteiger partial charge < -0.3 is 14.9 Å². The maximum Gasteiger partial charge on any atom is 0.292 e. The Hall–Kier alpha value is -2.15. The number of benzene rings is 1. The van der Waals surface area contributed by atoms with Crippen molar-refractivity contribution in [2.45, 2.75) is 20.0 Å². The zero-order valence-corrected chi connectivity index (χ0v) is 12.0. The number of nitro groups is 1. The van der Waals surface area contributed by atoms with Crippen LogP contribution >= 0.6 is 0 Å². The Bertz CT molecular complexity index is 547. The summed E-state index contributed by atoms with van der Waals surface area (Å²) in [5, 5.41) is 20.3. The van der Waals surface area contributed by atoms with Crippen LogP contribution in [0.25, 0.3) is 0 Å². The molecule has 0 bridgehead atoms. The smallest absolute Gasteiger partial charge is 0.292 e. The predicted molar refractivity (Wildman–Crippen MR) is 78.1 cm³/mol. The van der Waals surface area contributed by atoms with Crippen LogP contribution in [0.15, 0.2) is 18.2 Å². The van der Waals surface area contributed by atoms with Crippen molar-refractivity contribution in [1.82, 2.24) is 4.90 Å². The van der Waals surface area contributed by atoms with Gasteiger partial charge in [0.25, 0.3) is 5.69 Å². The second-order valence-electron chi connectivity index (χ2n) is 5.08. The molecule has 1 fully saturated rings. The van der Waals surface area contributed by atoms with Gasteiger partial charge in [-0.1, -0.05) is 6.07 Å². The topological polar surface area (TPSA) is 86.9 Å². The fourth-order valence-electron chi connectivity index (χ4n) is 2.55. The lowest BCUT2D eigenvalue weighted by Crippen LogP contribution is -2.33. The molecular formula is C14H19N3O4. The number of nitro benzene ring substituents is 1. The van der Waals surface area contributed by atoms with Crippen LogP contribution in [0.5, 0.6) is 0 Å². The minimum atomic E-state index is -0.428. The Morgan fingerprint density at radius 1 is 1.33 bits per heavy atom. The van der Waals surface area contributed by atoms with Gasteiger partial charge in [-0.15, -0.1) is 0 Å². The van der Waals surface area contributed by atoms with Gasteiger partial charge in [-0.05, 0) is 18.1 Å². The monoisotopic (exact) mass is 293 g/mol. The summed E-state index contributed by atoms with van der Waals surface area (Å²) in [7, 11) is 0. The van der Waals surface area contributed by atoms with Crippen molar-refractivity contribution < 1.29 is 14.8 Å². The number of hydrogen-bond donors (Lipinski definition) is 1. The molecule has 2 rings (SSSR count). The molecule has 0 spiro atoms. The van der Waals surface area contributed by atoms with Gasteiger partial charge in [0.15, 0.2) is 0 Å². The Morgan fingerprint density at radius 3 is 2.71 bits per heavy atom. The summed E-state index contributed by atoms with van der Waals surface area (Å²) in [6.45, 7) is 3.79. The van der Waals surface area contributed by atoms with E-state index in [2.05, 4.69) is 0 Å². The van der Waals surface area contributed by atoms with Gasteiger partial charge in [0, 0.05) is 39.2 Å². The number of amides is 1. The number of carbonyl (C=O) groups is 1. The third-order valence-electron chi connectivity index (χ3n) is 3.70. The van der Waals surface area contributed by atoms with Gasteiger partial charge in [0.1, 0.15) is 5.69 Å². The number of hydrogen-bond acceptors (Lipinski definition) is 5. The quantitative estimate of drug-likeness (QED) is 0.667. The first-order valence-electron chi connectivity index (χ1n) is 6.91. The second-order valence-corrected chi connectivity index (χ2v) is 5.08. The van der Waals surface area contributed by atoms with Gasteiger partial charge in [-0.3, -0.25) is 14.9 Å². The van der Waals surface area contributed by atoms with Gasteiger partial charge in [0.2, 0.25) is 5.91 Å². The number of rotatable bonds is 3. The van der Waals surface area contributed by atoms with Crippen LogP contribution in [-0.2, 0) is 11.4 Å². The summed E-state index contributed by atoms with van der Waals surface area (Å²) < 4.78 is 0. The normalized spacial score (nSPS) is 15.7. The molecule has 1 amide bonds. The Kier molecular flexibility index (Phi) is 4.74. The Balaban J connectivity index is 2.25. The molecule has 114 valence electrons. The van der Waals surface area contributed by atoms with Crippen molar-refractivity contribution in [2.24, 2.45) is 0 Å². The number of anilines is 1. The van der Waals surface area contributed by atoms with E-state index in [9.17, 15) is 14.9 Å². The first kappa shape index (κ1) is 15.2. The molecule has 0 aliphatic carbocycles. The molecule has 1 heterocycles. The lowest BCUT2D eigenvalue weighted by atomic mass is 10.1. The largest absolute Gasteiger partial charge is 0.392 e. The van der Waals surface area contributed by atoms with Crippen LogP contribution < -0.4 is 4.90 Å². The van der Waals surface area contributed by atoms with E-state index in [1.54, 1.807) is 17.0 Å². The predicted octanol–water partition coefficient (Wildman–Crippen LogP) is 1.15. The highest BCUT2D eigenvalue weighted by atomic mass is 16.6. The summed E-state index contributed by atoms with van der Waals surface area (Å²) in [5.74, 6) is 0.0296. The number of carbonyl (C=O) groups excluding carboxylic acids is 1. The fourth-order valence-corrected chi connectivity index (χ4v) is 2.55. The number of nitrogens with zero attached hydrogens (tertiary/aromatic N) is 3. The Labute approximate surface area is 122 Å². The lowest BCUT2D eigenvalue weighted by Gasteiger charge is -2.23. The third-order valence-corrected chi connectivity index (χ3v) is 3.70. The van der Waals surface area contributed by atoms with Crippen molar-refractivity contribution in [1.29, 1.82) is 0 Å². The standard InChI is InChI=1S/C14H19N3O4/c1-11(19)15-5-2-6-16(8-7-15)13-4-3-12(10-18)9-14(13)17(20)21/h3-4,9,18H,2,5-8,10H2,1H3.